The Kier molecular flexibility index (Phi) is 3.96. The molecular weight excluding hydrogens is 268 g/mol. The molecule has 1 aromatic carbocycles. The molecule has 0 unspecified atom stereocenters. The van der Waals surface area contributed by atoms with Crippen molar-refractivity contribution in [2.75, 3.05) is 25.0 Å². The van der Waals surface area contributed by atoms with Gasteiger partial charge >= 0.3 is 0 Å². The zero-order chi connectivity index (χ0) is 11.4. The Bertz CT molecular complexity index is 358. The van der Waals surface area contributed by atoms with Gasteiger partial charge in [-0.25, -0.2) is 0 Å². The van der Waals surface area contributed by atoms with Gasteiger partial charge in [-0.05, 0) is 24.3 Å². The van der Waals surface area contributed by atoms with Gasteiger partial charge in [-0.15, -0.1) is 0 Å². The highest BCUT2D eigenvalue weighted by atomic mass is 79.9. The Morgan fingerprint density at radius 1 is 1.25 bits per heavy atom. The summed E-state index contributed by atoms with van der Waals surface area (Å²) < 4.78 is 1.02. The molecule has 1 aliphatic heterocycles. The van der Waals surface area contributed by atoms with Gasteiger partial charge in [0.25, 0.3) is 5.91 Å². The standard InChI is InChI=1S/C12H15BrN2O/c13-10-3-5-11(6-4-10)14-12(16)9-15-7-1-2-8-15/h3-6H,1-2,7-9H2,(H,14,16)/p+1. The number of carbonyl (C=O) groups excluding carboxylic acids is 1. The van der Waals surface area contributed by atoms with E-state index in [2.05, 4.69) is 21.2 Å². The number of likely N-dealkylation sites (tertiary alicyclic amines) is 1. The second kappa shape index (κ2) is 5.46. The van der Waals surface area contributed by atoms with E-state index in [-0.39, 0.29) is 5.91 Å². The summed E-state index contributed by atoms with van der Waals surface area (Å²) in [4.78, 5) is 13.1. The third-order valence-electron chi connectivity index (χ3n) is 2.85. The molecule has 0 aliphatic carbocycles. The number of hydrogen-bond acceptors (Lipinski definition) is 1. The van der Waals surface area contributed by atoms with Crippen molar-refractivity contribution in [3.05, 3.63) is 28.7 Å². The summed E-state index contributed by atoms with van der Waals surface area (Å²) in [7, 11) is 0. The molecule has 1 aromatic rings. The van der Waals surface area contributed by atoms with Crippen molar-refractivity contribution < 1.29 is 9.69 Å². The Hall–Kier alpha value is -0.870. The fourth-order valence-corrected chi connectivity index (χ4v) is 2.28. The van der Waals surface area contributed by atoms with Crippen LogP contribution < -0.4 is 10.2 Å². The van der Waals surface area contributed by atoms with Gasteiger partial charge in [-0.3, -0.25) is 4.79 Å². The Morgan fingerprint density at radius 3 is 2.50 bits per heavy atom. The highest BCUT2D eigenvalue weighted by Gasteiger charge is 2.18. The van der Waals surface area contributed by atoms with Crippen LogP contribution in [0.15, 0.2) is 28.7 Å². The van der Waals surface area contributed by atoms with Crippen LogP contribution in [0.4, 0.5) is 5.69 Å². The Labute approximate surface area is 104 Å². The van der Waals surface area contributed by atoms with Crippen molar-refractivity contribution in [2.45, 2.75) is 12.8 Å². The summed E-state index contributed by atoms with van der Waals surface area (Å²) in [6, 6.07) is 7.67. The molecule has 1 amide bonds. The summed E-state index contributed by atoms with van der Waals surface area (Å²) in [6.45, 7) is 2.86. The first-order chi connectivity index (χ1) is 7.74. The van der Waals surface area contributed by atoms with E-state index in [1.165, 1.54) is 17.7 Å². The highest BCUT2D eigenvalue weighted by Crippen LogP contribution is 2.13. The Morgan fingerprint density at radius 2 is 1.88 bits per heavy atom. The van der Waals surface area contributed by atoms with Crippen LogP contribution in [0.2, 0.25) is 0 Å². The van der Waals surface area contributed by atoms with Crippen LogP contribution >= 0.6 is 15.9 Å². The largest absolute Gasteiger partial charge is 0.327 e. The minimum absolute atomic E-state index is 0.110. The van der Waals surface area contributed by atoms with E-state index < -0.39 is 0 Å². The van der Waals surface area contributed by atoms with Crippen LogP contribution in [0.25, 0.3) is 0 Å². The molecule has 4 heteroatoms. The summed E-state index contributed by atoms with van der Waals surface area (Å²) >= 11 is 3.37. The van der Waals surface area contributed by atoms with Gasteiger partial charge in [0.05, 0.1) is 13.1 Å². The number of nitrogens with one attached hydrogen (secondary N) is 2. The van der Waals surface area contributed by atoms with Gasteiger partial charge < -0.3 is 10.2 Å². The molecule has 2 rings (SSSR count). The molecule has 86 valence electrons. The number of carbonyl (C=O) groups is 1. The normalized spacial score (nSPS) is 16.3. The third kappa shape index (κ3) is 3.32. The molecule has 1 aliphatic rings. The maximum absolute atomic E-state index is 11.7. The monoisotopic (exact) mass is 283 g/mol. The average Bonchev–Trinajstić information content (AvgIpc) is 2.74. The SMILES string of the molecule is O=C(C[NH+]1CCCC1)Nc1ccc(Br)cc1. The number of halogens is 1. The maximum Gasteiger partial charge on any atom is 0.279 e. The van der Waals surface area contributed by atoms with E-state index in [1.54, 1.807) is 0 Å². The molecule has 16 heavy (non-hydrogen) atoms. The first-order valence-electron chi connectivity index (χ1n) is 5.63. The minimum Gasteiger partial charge on any atom is -0.327 e. The molecule has 1 heterocycles. The predicted molar refractivity (Wildman–Crippen MR) is 67.6 cm³/mol. The molecule has 0 atom stereocenters. The van der Waals surface area contributed by atoms with Gasteiger partial charge in [0, 0.05) is 23.0 Å². The van der Waals surface area contributed by atoms with Crippen LogP contribution in [0.5, 0.6) is 0 Å². The van der Waals surface area contributed by atoms with Crippen molar-refractivity contribution in [3.63, 3.8) is 0 Å². The van der Waals surface area contributed by atoms with Crippen LogP contribution in [0.1, 0.15) is 12.8 Å². The van der Waals surface area contributed by atoms with Gasteiger partial charge in [0.15, 0.2) is 6.54 Å². The van der Waals surface area contributed by atoms with Gasteiger partial charge in [0.2, 0.25) is 0 Å². The van der Waals surface area contributed by atoms with E-state index in [0.29, 0.717) is 6.54 Å². The molecule has 2 N–H and O–H groups in total. The fourth-order valence-electron chi connectivity index (χ4n) is 2.02. The quantitative estimate of drug-likeness (QED) is 0.855. The first-order valence-corrected chi connectivity index (χ1v) is 6.42. The van der Waals surface area contributed by atoms with Crippen LogP contribution in [0, 0.1) is 0 Å². The number of rotatable bonds is 3. The fraction of sp³-hybridized carbons (Fsp3) is 0.417. The molecule has 3 nitrogen and oxygen atoms in total. The van der Waals surface area contributed by atoms with E-state index in [9.17, 15) is 4.79 Å². The zero-order valence-corrected chi connectivity index (χ0v) is 10.7. The maximum atomic E-state index is 11.7. The van der Waals surface area contributed by atoms with Gasteiger partial charge in [0.1, 0.15) is 0 Å². The van der Waals surface area contributed by atoms with E-state index in [4.69, 9.17) is 0 Å². The third-order valence-corrected chi connectivity index (χ3v) is 3.38. The molecule has 0 saturated carbocycles. The van der Waals surface area contributed by atoms with E-state index in [0.717, 1.165) is 23.2 Å². The minimum atomic E-state index is 0.110. The second-order valence-corrected chi connectivity index (χ2v) is 5.10. The average molecular weight is 284 g/mol. The van der Waals surface area contributed by atoms with E-state index in [1.807, 2.05) is 24.3 Å². The van der Waals surface area contributed by atoms with Crippen LogP contribution in [-0.4, -0.2) is 25.5 Å². The van der Waals surface area contributed by atoms with Crippen molar-refractivity contribution >= 4 is 27.5 Å². The van der Waals surface area contributed by atoms with Crippen molar-refractivity contribution in [1.82, 2.24) is 0 Å². The molecule has 0 spiro atoms. The van der Waals surface area contributed by atoms with Crippen LogP contribution in [0.3, 0.4) is 0 Å². The highest BCUT2D eigenvalue weighted by molar-refractivity contribution is 9.10. The van der Waals surface area contributed by atoms with Crippen molar-refractivity contribution in [1.29, 1.82) is 0 Å². The Balaban J connectivity index is 1.84. The number of hydrogen-bond donors (Lipinski definition) is 2. The topological polar surface area (TPSA) is 33.5 Å². The lowest BCUT2D eigenvalue weighted by molar-refractivity contribution is -0.878. The summed E-state index contributed by atoms with van der Waals surface area (Å²) in [5.41, 5.74) is 0.867. The summed E-state index contributed by atoms with van der Waals surface area (Å²) in [6.07, 6.45) is 2.50. The number of amides is 1. The lowest BCUT2D eigenvalue weighted by atomic mass is 10.3. The molecule has 0 aromatic heterocycles. The lowest BCUT2D eigenvalue weighted by Gasteiger charge is -2.11. The molecule has 1 saturated heterocycles. The van der Waals surface area contributed by atoms with Crippen LogP contribution in [-0.2, 0) is 4.79 Å². The smallest absolute Gasteiger partial charge is 0.279 e. The molecule has 0 bridgehead atoms. The molecule has 0 radical (unpaired) electrons. The van der Waals surface area contributed by atoms with Gasteiger partial charge in [-0.2, -0.15) is 0 Å². The predicted octanol–water partition coefficient (Wildman–Crippen LogP) is 1.07. The number of quaternary nitrogens is 1. The molecular formula is C12H16BrN2O+. The summed E-state index contributed by atoms with van der Waals surface area (Å²) in [5, 5.41) is 2.92. The number of benzene rings is 1. The lowest BCUT2D eigenvalue weighted by Crippen LogP contribution is -3.11. The van der Waals surface area contributed by atoms with Crippen molar-refractivity contribution in [3.8, 4) is 0 Å². The summed E-state index contributed by atoms with van der Waals surface area (Å²) in [5.74, 6) is 0.110. The zero-order valence-electron chi connectivity index (χ0n) is 9.13. The molecule has 1 fully saturated rings. The number of anilines is 1. The second-order valence-electron chi connectivity index (χ2n) is 4.19. The first kappa shape index (κ1) is 11.6. The van der Waals surface area contributed by atoms with E-state index >= 15 is 0 Å². The van der Waals surface area contributed by atoms with Gasteiger partial charge in [-0.1, -0.05) is 15.9 Å². The van der Waals surface area contributed by atoms with Crippen molar-refractivity contribution in [2.24, 2.45) is 0 Å².